The number of halogens is 1. The standard InChI is InChI=1S/C22H26FNO3/c23-17-5-3-6-19(12-17)27-20-10-11-24(14-20)13-18(25)15-26-22-9-8-16-4-1-2-7-21(16)22/h1-7,12,18,20,22,25H,8-11,13-15H2/t18?,20?,22-/m0/s1. The van der Waals surface area contributed by atoms with Gasteiger partial charge < -0.3 is 14.6 Å². The number of hydrogen-bond acceptors (Lipinski definition) is 4. The summed E-state index contributed by atoms with van der Waals surface area (Å²) in [6.07, 6.45) is 2.51. The van der Waals surface area contributed by atoms with Gasteiger partial charge in [0.1, 0.15) is 17.7 Å². The fraction of sp³-hybridized carbons (Fsp3) is 0.455. The lowest BCUT2D eigenvalue weighted by molar-refractivity contribution is -0.0200. The molecule has 2 aliphatic rings. The Kier molecular flexibility index (Phi) is 5.72. The van der Waals surface area contributed by atoms with Crippen molar-refractivity contribution in [3.8, 4) is 5.75 Å². The Labute approximate surface area is 159 Å². The maximum Gasteiger partial charge on any atom is 0.126 e. The van der Waals surface area contributed by atoms with E-state index in [1.807, 2.05) is 6.07 Å². The molecule has 0 aromatic heterocycles. The molecule has 0 radical (unpaired) electrons. The van der Waals surface area contributed by atoms with Crippen molar-refractivity contribution in [3.63, 3.8) is 0 Å². The van der Waals surface area contributed by atoms with Gasteiger partial charge in [0.2, 0.25) is 0 Å². The molecule has 27 heavy (non-hydrogen) atoms. The van der Waals surface area contributed by atoms with Gasteiger partial charge in [-0.25, -0.2) is 4.39 Å². The van der Waals surface area contributed by atoms with Crippen LogP contribution in [0.25, 0.3) is 0 Å². The second-order valence-electron chi connectivity index (χ2n) is 7.46. The molecule has 2 aromatic rings. The number of benzene rings is 2. The number of rotatable bonds is 7. The SMILES string of the molecule is OC(CO[C@H]1CCc2ccccc21)CN1CCC(Oc2cccc(F)c2)C1. The molecule has 0 amide bonds. The zero-order chi connectivity index (χ0) is 18.6. The van der Waals surface area contributed by atoms with Gasteiger partial charge in [-0.2, -0.15) is 0 Å². The van der Waals surface area contributed by atoms with Gasteiger partial charge in [-0.15, -0.1) is 0 Å². The molecule has 5 heteroatoms. The van der Waals surface area contributed by atoms with Crippen molar-refractivity contribution >= 4 is 0 Å². The number of nitrogens with zero attached hydrogens (tertiary/aromatic N) is 1. The van der Waals surface area contributed by atoms with Crippen LogP contribution in [0.4, 0.5) is 4.39 Å². The monoisotopic (exact) mass is 371 g/mol. The summed E-state index contributed by atoms with van der Waals surface area (Å²) in [5.41, 5.74) is 2.61. The van der Waals surface area contributed by atoms with Gasteiger partial charge in [0.15, 0.2) is 0 Å². The van der Waals surface area contributed by atoms with E-state index in [1.54, 1.807) is 12.1 Å². The van der Waals surface area contributed by atoms with Crippen LogP contribution in [-0.2, 0) is 11.2 Å². The summed E-state index contributed by atoms with van der Waals surface area (Å²) >= 11 is 0. The Hall–Kier alpha value is -1.95. The normalized spacial score (nSPS) is 23.3. The minimum atomic E-state index is -0.523. The Morgan fingerprint density at radius 1 is 1.15 bits per heavy atom. The van der Waals surface area contributed by atoms with Crippen LogP contribution in [0.1, 0.15) is 30.1 Å². The quantitative estimate of drug-likeness (QED) is 0.811. The zero-order valence-corrected chi connectivity index (χ0v) is 15.4. The van der Waals surface area contributed by atoms with Crippen molar-refractivity contribution < 1.29 is 19.0 Å². The molecular formula is C22H26FNO3. The van der Waals surface area contributed by atoms with E-state index in [4.69, 9.17) is 9.47 Å². The molecule has 2 aromatic carbocycles. The number of aryl methyl sites for hydroxylation is 1. The third-order valence-corrected chi connectivity index (χ3v) is 5.36. The molecule has 1 N–H and O–H groups in total. The van der Waals surface area contributed by atoms with Gasteiger partial charge in [-0.1, -0.05) is 30.3 Å². The maximum atomic E-state index is 13.3. The zero-order valence-electron chi connectivity index (χ0n) is 15.4. The van der Waals surface area contributed by atoms with E-state index in [1.165, 1.54) is 23.3 Å². The molecule has 1 aliphatic carbocycles. The van der Waals surface area contributed by atoms with Crippen LogP contribution in [0.3, 0.4) is 0 Å². The van der Waals surface area contributed by atoms with Crippen molar-refractivity contribution in [1.82, 2.24) is 4.90 Å². The van der Waals surface area contributed by atoms with Gasteiger partial charge in [0, 0.05) is 25.7 Å². The molecule has 2 unspecified atom stereocenters. The molecule has 1 heterocycles. The largest absolute Gasteiger partial charge is 0.489 e. The van der Waals surface area contributed by atoms with Gasteiger partial charge in [0.25, 0.3) is 0 Å². The first kappa shape index (κ1) is 18.4. The highest BCUT2D eigenvalue weighted by atomic mass is 19.1. The molecule has 4 rings (SSSR count). The van der Waals surface area contributed by atoms with E-state index in [-0.39, 0.29) is 18.0 Å². The van der Waals surface area contributed by atoms with Crippen molar-refractivity contribution in [2.45, 2.75) is 37.6 Å². The van der Waals surface area contributed by atoms with Crippen LogP contribution in [0.5, 0.6) is 5.75 Å². The average molecular weight is 371 g/mol. The van der Waals surface area contributed by atoms with E-state index in [9.17, 15) is 9.50 Å². The Balaban J connectivity index is 1.21. The first-order valence-corrected chi connectivity index (χ1v) is 9.69. The molecule has 144 valence electrons. The number of ether oxygens (including phenoxy) is 2. The molecule has 1 fully saturated rings. The summed E-state index contributed by atoms with van der Waals surface area (Å²) in [6.45, 7) is 2.51. The second kappa shape index (κ2) is 8.38. The van der Waals surface area contributed by atoms with Crippen molar-refractivity contribution in [3.05, 3.63) is 65.5 Å². The Morgan fingerprint density at radius 3 is 2.93 bits per heavy atom. The van der Waals surface area contributed by atoms with E-state index in [0.717, 1.165) is 32.4 Å². The van der Waals surface area contributed by atoms with Crippen molar-refractivity contribution in [2.24, 2.45) is 0 Å². The van der Waals surface area contributed by atoms with Crippen molar-refractivity contribution in [1.29, 1.82) is 0 Å². The summed E-state index contributed by atoms with van der Waals surface area (Å²) < 4.78 is 25.1. The van der Waals surface area contributed by atoms with Gasteiger partial charge in [0.05, 0.1) is 18.8 Å². The average Bonchev–Trinajstić information content (AvgIpc) is 3.27. The van der Waals surface area contributed by atoms with Crippen LogP contribution >= 0.6 is 0 Å². The molecule has 1 saturated heterocycles. The lowest BCUT2D eigenvalue weighted by atomic mass is 10.1. The predicted octanol–water partition coefficient (Wildman–Crippen LogP) is 3.34. The van der Waals surface area contributed by atoms with Crippen LogP contribution in [-0.4, -0.2) is 48.5 Å². The highest BCUT2D eigenvalue weighted by molar-refractivity contribution is 5.33. The molecule has 0 bridgehead atoms. The molecule has 0 spiro atoms. The lowest BCUT2D eigenvalue weighted by Gasteiger charge is -2.22. The topological polar surface area (TPSA) is 41.9 Å². The predicted molar refractivity (Wildman–Crippen MR) is 101 cm³/mol. The minimum absolute atomic E-state index is 0.0293. The van der Waals surface area contributed by atoms with Gasteiger partial charge >= 0.3 is 0 Å². The van der Waals surface area contributed by atoms with Crippen LogP contribution in [0.2, 0.25) is 0 Å². The van der Waals surface area contributed by atoms with E-state index in [0.29, 0.717) is 18.9 Å². The number of fused-ring (bicyclic) bond motifs is 1. The summed E-state index contributed by atoms with van der Waals surface area (Å²) in [5.74, 6) is 0.272. The van der Waals surface area contributed by atoms with E-state index < -0.39 is 6.10 Å². The summed E-state index contributed by atoms with van der Waals surface area (Å²) in [7, 11) is 0. The summed E-state index contributed by atoms with van der Waals surface area (Å²) in [5, 5.41) is 10.4. The van der Waals surface area contributed by atoms with Crippen LogP contribution in [0, 0.1) is 5.82 Å². The number of hydrogen-bond donors (Lipinski definition) is 1. The fourth-order valence-corrected chi connectivity index (χ4v) is 4.06. The van der Waals surface area contributed by atoms with Gasteiger partial charge in [-0.05, 0) is 42.5 Å². The van der Waals surface area contributed by atoms with Crippen LogP contribution in [0.15, 0.2) is 48.5 Å². The molecule has 3 atom stereocenters. The van der Waals surface area contributed by atoms with E-state index in [2.05, 4.69) is 23.1 Å². The molecular weight excluding hydrogens is 345 g/mol. The number of β-amino-alcohol motifs (C(OH)–C–C–N with tert-alkyl or cyclic N) is 1. The highest BCUT2D eigenvalue weighted by Gasteiger charge is 2.27. The third-order valence-electron chi connectivity index (χ3n) is 5.36. The fourth-order valence-electron chi connectivity index (χ4n) is 4.06. The first-order valence-electron chi connectivity index (χ1n) is 9.69. The minimum Gasteiger partial charge on any atom is -0.489 e. The number of aliphatic hydroxyl groups excluding tert-OH is 1. The first-order chi connectivity index (χ1) is 13.2. The Bertz CT molecular complexity index is 769. The molecule has 1 aliphatic heterocycles. The highest BCUT2D eigenvalue weighted by Crippen LogP contribution is 2.33. The third kappa shape index (κ3) is 4.67. The Morgan fingerprint density at radius 2 is 2.04 bits per heavy atom. The van der Waals surface area contributed by atoms with Gasteiger partial charge in [-0.3, -0.25) is 4.90 Å². The number of likely N-dealkylation sites (tertiary alicyclic amines) is 1. The van der Waals surface area contributed by atoms with E-state index >= 15 is 0 Å². The van der Waals surface area contributed by atoms with Crippen molar-refractivity contribution in [2.75, 3.05) is 26.2 Å². The smallest absolute Gasteiger partial charge is 0.126 e. The van der Waals surface area contributed by atoms with Crippen LogP contribution < -0.4 is 4.74 Å². The maximum absolute atomic E-state index is 13.3. The number of aliphatic hydroxyl groups is 1. The summed E-state index contributed by atoms with van der Waals surface area (Å²) in [6, 6.07) is 14.6. The molecule has 0 saturated carbocycles. The lowest BCUT2D eigenvalue weighted by Crippen LogP contribution is -2.35. The summed E-state index contributed by atoms with van der Waals surface area (Å²) in [4.78, 5) is 2.18. The molecule has 4 nitrogen and oxygen atoms in total. The second-order valence-corrected chi connectivity index (χ2v) is 7.46.